The zero-order chi connectivity index (χ0) is 15.0. The lowest BCUT2D eigenvalue weighted by molar-refractivity contribution is -0.384. The zero-order valence-electron chi connectivity index (χ0n) is 10.9. The molecule has 2 heterocycles. The molecule has 9 heteroatoms. The highest BCUT2D eigenvalue weighted by molar-refractivity contribution is 6.00. The van der Waals surface area contributed by atoms with E-state index in [1.54, 1.807) is 6.07 Å². The third-order valence-corrected chi connectivity index (χ3v) is 3.41. The van der Waals surface area contributed by atoms with Gasteiger partial charge in [0.05, 0.1) is 10.5 Å². The summed E-state index contributed by atoms with van der Waals surface area (Å²) in [5, 5.41) is 26.6. The summed E-state index contributed by atoms with van der Waals surface area (Å²) in [5.41, 5.74) is 7.89. The van der Waals surface area contributed by atoms with Gasteiger partial charge in [0.15, 0.2) is 11.7 Å². The van der Waals surface area contributed by atoms with Crippen molar-refractivity contribution in [3.8, 4) is 5.82 Å². The topological polar surface area (TPSA) is 132 Å². The number of nitrogens with two attached hydrogens (primary N) is 1. The summed E-state index contributed by atoms with van der Waals surface area (Å²) in [6.07, 6.45) is 5.08. The molecule has 0 bridgehead atoms. The molecule has 108 valence electrons. The van der Waals surface area contributed by atoms with Crippen molar-refractivity contribution in [2.24, 2.45) is 10.9 Å². The van der Waals surface area contributed by atoms with Gasteiger partial charge in [-0.15, -0.1) is 0 Å². The highest BCUT2D eigenvalue weighted by atomic mass is 16.6. The Labute approximate surface area is 118 Å². The molecule has 0 atom stereocenters. The highest BCUT2D eigenvalue weighted by Gasteiger charge is 2.21. The quantitative estimate of drug-likeness (QED) is 0.281. The Morgan fingerprint density at radius 1 is 1.52 bits per heavy atom. The van der Waals surface area contributed by atoms with Crippen LogP contribution in [-0.4, -0.2) is 30.7 Å². The van der Waals surface area contributed by atoms with Gasteiger partial charge < -0.3 is 10.9 Å². The van der Waals surface area contributed by atoms with Gasteiger partial charge in [0.2, 0.25) is 0 Å². The zero-order valence-corrected chi connectivity index (χ0v) is 10.9. The summed E-state index contributed by atoms with van der Waals surface area (Å²) >= 11 is 0. The first-order chi connectivity index (χ1) is 10.1. The summed E-state index contributed by atoms with van der Waals surface area (Å²) in [5.74, 6) is 0.212. The normalized spacial score (nSPS) is 14.2. The third-order valence-electron chi connectivity index (χ3n) is 3.41. The molecule has 0 saturated carbocycles. The van der Waals surface area contributed by atoms with Crippen LogP contribution in [0.5, 0.6) is 0 Å². The number of aryl methyl sites for hydroxylation is 2. The molecule has 0 fully saturated rings. The molecule has 2 aromatic heterocycles. The molecule has 0 spiro atoms. The number of hydrogen-bond acceptors (Lipinski definition) is 6. The maximum Gasteiger partial charge on any atom is 0.307 e. The molecule has 0 aliphatic heterocycles. The number of hydrogen-bond donors (Lipinski definition) is 2. The van der Waals surface area contributed by atoms with Crippen LogP contribution in [0.4, 0.5) is 5.69 Å². The fourth-order valence-corrected chi connectivity index (χ4v) is 2.40. The van der Waals surface area contributed by atoms with Gasteiger partial charge in [0.25, 0.3) is 0 Å². The maximum absolute atomic E-state index is 10.8. The van der Waals surface area contributed by atoms with Crippen molar-refractivity contribution in [1.29, 1.82) is 0 Å². The van der Waals surface area contributed by atoms with E-state index >= 15 is 0 Å². The van der Waals surface area contributed by atoms with E-state index in [2.05, 4.69) is 15.2 Å². The maximum atomic E-state index is 10.8. The molecular weight excluding hydrogens is 276 g/mol. The van der Waals surface area contributed by atoms with Crippen LogP contribution in [0.3, 0.4) is 0 Å². The van der Waals surface area contributed by atoms with Crippen molar-refractivity contribution in [2.75, 3.05) is 0 Å². The lowest BCUT2D eigenvalue weighted by atomic mass is 10.1. The number of nitro groups is 1. The standard InChI is InChI=1S/C12H12N6O3/c13-11(16-19)9-4-7-2-1-3-10(7)15-12(9)17-6-8(5-14-17)18(20)21/h4-6,19H,1-3H2,(H2,13,16). The molecule has 0 unspecified atom stereocenters. The van der Waals surface area contributed by atoms with E-state index in [0.29, 0.717) is 11.4 Å². The SMILES string of the molecule is N/C(=N/O)c1cc2c(nc1-n1cc([N+](=O)[O-])cn1)CCC2. The van der Waals surface area contributed by atoms with Crippen LogP contribution in [0.2, 0.25) is 0 Å². The first kappa shape index (κ1) is 13.0. The second-order valence-corrected chi connectivity index (χ2v) is 4.70. The summed E-state index contributed by atoms with van der Waals surface area (Å²) in [6, 6.07) is 1.80. The van der Waals surface area contributed by atoms with E-state index in [4.69, 9.17) is 10.9 Å². The number of aromatic nitrogens is 3. The molecule has 21 heavy (non-hydrogen) atoms. The highest BCUT2D eigenvalue weighted by Crippen LogP contribution is 2.25. The number of fused-ring (bicyclic) bond motifs is 1. The Kier molecular flexibility index (Phi) is 3.01. The largest absolute Gasteiger partial charge is 0.409 e. The molecular formula is C12H12N6O3. The Bertz CT molecular complexity index is 751. The third kappa shape index (κ3) is 2.18. The van der Waals surface area contributed by atoms with Crippen molar-refractivity contribution in [3.63, 3.8) is 0 Å². The van der Waals surface area contributed by atoms with E-state index < -0.39 is 4.92 Å². The van der Waals surface area contributed by atoms with Crippen LogP contribution in [0.15, 0.2) is 23.6 Å². The van der Waals surface area contributed by atoms with Crippen LogP contribution in [0, 0.1) is 10.1 Å². The first-order valence-electron chi connectivity index (χ1n) is 6.30. The second kappa shape index (κ2) is 4.85. The van der Waals surface area contributed by atoms with Crippen molar-refractivity contribution in [3.05, 3.63) is 45.4 Å². The van der Waals surface area contributed by atoms with Crippen LogP contribution in [-0.2, 0) is 12.8 Å². The average Bonchev–Trinajstić information content (AvgIpc) is 3.13. The predicted octanol–water partition coefficient (Wildman–Crippen LogP) is 0.759. The lowest BCUT2D eigenvalue weighted by Gasteiger charge is -2.10. The molecule has 0 radical (unpaired) electrons. The van der Waals surface area contributed by atoms with E-state index in [1.165, 1.54) is 10.9 Å². The number of pyridine rings is 1. The van der Waals surface area contributed by atoms with Gasteiger partial charge in [-0.3, -0.25) is 10.1 Å². The molecule has 3 N–H and O–H groups in total. The van der Waals surface area contributed by atoms with Crippen LogP contribution < -0.4 is 5.73 Å². The fraction of sp³-hybridized carbons (Fsp3) is 0.250. The summed E-state index contributed by atoms with van der Waals surface area (Å²) in [6.45, 7) is 0. The van der Waals surface area contributed by atoms with E-state index in [1.807, 2.05) is 0 Å². The smallest absolute Gasteiger partial charge is 0.307 e. The van der Waals surface area contributed by atoms with E-state index in [0.717, 1.165) is 36.7 Å². The van der Waals surface area contributed by atoms with Gasteiger partial charge in [0, 0.05) is 5.69 Å². The summed E-state index contributed by atoms with van der Waals surface area (Å²) < 4.78 is 1.27. The fourth-order valence-electron chi connectivity index (χ4n) is 2.40. The predicted molar refractivity (Wildman–Crippen MR) is 72.5 cm³/mol. The number of rotatable bonds is 3. The minimum absolute atomic E-state index is 0.106. The van der Waals surface area contributed by atoms with Gasteiger partial charge in [-0.2, -0.15) is 5.10 Å². The van der Waals surface area contributed by atoms with E-state index in [9.17, 15) is 10.1 Å². The molecule has 1 aliphatic rings. The van der Waals surface area contributed by atoms with Crippen LogP contribution in [0.1, 0.15) is 23.2 Å². The van der Waals surface area contributed by atoms with Gasteiger partial charge in [-0.05, 0) is 30.9 Å². The summed E-state index contributed by atoms with van der Waals surface area (Å²) in [4.78, 5) is 14.7. The summed E-state index contributed by atoms with van der Waals surface area (Å²) in [7, 11) is 0. The lowest BCUT2D eigenvalue weighted by Crippen LogP contribution is -2.18. The Balaban J connectivity index is 2.17. The molecule has 2 aromatic rings. The van der Waals surface area contributed by atoms with Gasteiger partial charge in [0.1, 0.15) is 12.4 Å². The van der Waals surface area contributed by atoms with Crippen molar-refractivity contribution >= 4 is 11.5 Å². The van der Waals surface area contributed by atoms with Crippen LogP contribution >= 0.6 is 0 Å². The van der Waals surface area contributed by atoms with Crippen molar-refractivity contribution < 1.29 is 10.1 Å². The Morgan fingerprint density at radius 3 is 3.00 bits per heavy atom. The Morgan fingerprint density at radius 2 is 2.33 bits per heavy atom. The van der Waals surface area contributed by atoms with E-state index in [-0.39, 0.29) is 11.5 Å². The monoisotopic (exact) mass is 288 g/mol. The first-order valence-corrected chi connectivity index (χ1v) is 6.30. The molecule has 0 aromatic carbocycles. The second-order valence-electron chi connectivity index (χ2n) is 4.70. The van der Waals surface area contributed by atoms with Gasteiger partial charge in [-0.25, -0.2) is 9.67 Å². The van der Waals surface area contributed by atoms with Crippen molar-refractivity contribution in [2.45, 2.75) is 19.3 Å². The van der Waals surface area contributed by atoms with Gasteiger partial charge >= 0.3 is 5.69 Å². The molecule has 9 nitrogen and oxygen atoms in total. The Hall–Kier alpha value is -2.97. The van der Waals surface area contributed by atoms with Crippen molar-refractivity contribution in [1.82, 2.24) is 14.8 Å². The number of oxime groups is 1. The minimum atomic E-state index is -0.542. The molecule has 0 saturated heterocycles. The molecule has 1 aliphatic carbocycles. The molecule has 0 amide bonds. The average molecular weight is 288 g/mol. The van der Waals surface area contributed by atoms with Crippen LogP contribution in [0.25, 0.3) is 5.82 Å². The number of nitrogens with zero attached hydrogens (tertiary/aromatic N) is 5. The molecule has 3 rings (SSSR count). The number of amidine groups is 1. The minimum Gasteiger partial charge on any atom is -0.409 e. The van der Waals surface area contributed by atoms with Gasteiger partial charge in [-0.1, -0.05) is 5.16 Å².